The monoisotopic (exact) mass is 806 g/mol. The quantitative estimate of drug-likeness (QED) is 0.128. The van der Waals surface area contributed by atoms with Gasteiger partial charge in [-0.25, -0.2) is 9.59 Å². The zero-order valence-corrected chi connectivity index (χ0v) is 32.9. The third-order valence-electron chi connectivity index (χ3n) is 10.2. The minimum Gasteiger partial charge on any atom is -0.508 e. The van der Waals surface area contributed by atoms with Gasteiger partial charge in [0.15, 0.2) is 0 Å². The maximum Gasteiger partial charge on any atom is 0.405 e. The highest BCUT2D eigenvalue weighted by Crippen LogP contribution is 2.46. The molecule has 292 valence electrons. The standard InChI is InChI=1S/C38H54Cl4N2O8/c1-21-9-3-5-11-23(13-7-15-31(39)40)34-29(47)19-26(20-30(34)48)36(52-38(44)50)22(2)10-4-6-12-24(14-8-16-32(41)42)33-27(45)17-25(18-28(33)46)35(21)51-37(43)49/h17-24,31-32,35-36,45-48H,3-16H2,1-2H3,(H2,43,49)(H2,44,50)/t21-,22?,23?,24?,35+,36+/m0/s1. The number of ether oxygens (including phenoxy) is 2. The van der Waals surface area contributed by atoms with E-state index in [1.54, 1.807) is 0 Å². The van der Waals surface area contributed by atoms with Crippen LogP contribution < -0.4 is 11.5 Å². The van der Waals surface area contributed by atoms with Gasteiger partial charge in [0.1, 0.15) is 44.9 Å². The zero-order valence-electron chi connectivity index (χ0n) is 29.9. The first-order chi connectivity index (χ1) is 24.6. The van der Waals surface area contributed by atoms with E-state index in [0.717, 1.165) is 0 Å². The number of hydrogen-bond acceptors (Lipinski definition) is 8. The Morgan fingerprint density at radius 3 is 1.23 bits per heavy atom. The van der Waals surface area contributed by atoms with Crippen LogP contribution in [0.4, 0.5) is 9.59 Å². The molecule has 0 aliphatic heterocycles. The van der Waals surface area contributed by atoms with Crippen molar-refractivity contribution in [2.24, 2.45) is 23.3 Å². The van der Waals surface area contributed by atoms with Crippen molar-refractivity contribution >= 4 is 58.6 Å². The Balaban J connectivity index is 2.04. The molecule has 2 amide bonds. The topological polar surface area (TPSA) is 186 Å². The van der Waals surface area contributed by atoms with E-state index in [9.17, 15) is 30.0 Å². The molecule has 10 nitrogen and oxygen atoms in total. The van der Waals surface area contributed by atoms with Crippen LogP contribution >= 0.6 is 46.4 Å². The molecule has 3 unspecified atom stereocenters. The van der Waals surface area contributed by atoms with Gasteiger partial charge in [0.05, 0.1) is 0 Å². The van der Waals surface area contributed by atoms with Crippen LogP contribution in [-0.4, -0.2) is 42.3 Å². The zero-order chi connectivity index (χ0) is 38.5. The molecule has 2 aromatic rings. The summed E-state index contributed by atoms with van der Waals surface area (Å²) < 4.78 is 11.1. The van der Waals surface area contributed by atoms with Crippen LogP contribution in [-0.2, 0) is 9.47 Å². The Kier molecular flexibility index (Phi) is 17.9. The van der Waals surface area contributed by atoms with Crippen molar-refractivity contribution in [2.45, 2.75) is 137 Å². The molecule has 52 heavy (non-hydrogen) atoms. The summed E-state index contributed by atoms with van der Waals surface area (Å²) in [6, 6.07) is 6.13. The number of phenolic OH excluding ortho intramolecular Hbond substituents is 4. The molecule has 4 bridgehead atoms. The van der Waals surface area contributed by atoms with E-state index in [4.69, 9.17) is 67.3 Å². The Labute approximate surface area is 327 Å². The molecule has 0 aromatic heterocycles. The first kappa shape index (κ1) is 43.7. The van der Waals surface area contributed by atoms with Gasteiger partial charge in [-0.2, -0.15) is 0 Å². The minimum absolute atomic E-state index is 0.106. The van der Waals surface area contributed by atoms with Crippen LogP contribution in [0.2, 0.25) is 0 Å². The maximum absolute atomic E-state index is 12.0. The minimum atomic E-state index is -0.972. The van der Waals surface area contributed by atoms with Crippen molar-refractivity contribution in [1.29, 1.82) is 0 Å². The fourth-order valence-corrected chi connectivity index (χ4v) is 8.27. The number of halogens is 4. The van der Waals surface area contributed by atoms with Gasteiger partial charge in [-0.15, -0.1) is 46.4 Å². The molecular formula is C38H54Cl4N2O8. The maximum atomic E-state index is 12.0. The summed E-state index contributed by atoms with van der Waals surface area (Å²) >= 11 is 24.0. The summed E-state index contributed by atoms with van der Waals surface area (Å²) in [4.78, 5) is 23.0. The number of hydrogen-bond donors (Lipinski definition) is 6. The summed E-state index contributed by atoms with van der Waals surface area (Å²) in [6.45, 7) is 3.82. The SMILES string of the molecule is CC1CCCCC(CCCC(Cl)Cl)c2c(O)cc(cc2O)[C@H](OC(N)=O)[C@@H](C)CCCCC(CCCC(Cl)Cl)c2c(O)cc(cc2O)[C@@H]1OC(N)=O. The molecule has 8 N–H and O–H groups in total. The number of amides is 2. The Hall–Kier alpha value is -2.66. The van der Waals surface area contributed by atoms with Gasteiger partial charge in [0, 0.05) is 22.3 Å². The lowest BCUT2D eigenvalue weighted by molar-refractivity contribution is 0.0683. The molecule has 14 heteroatoms. The predicted molar refractivity (Wildman–Crippen MR) is 206 cm³/mol. The first-order valence-corrected chi connectivity index (χ1v) is 19.9. The molecule has 6 atom stereocenters. The van der Waals surface area contributed by atoms with E-state index in [-0.39, 0.29) is 46.7 Å². The molecule has 0 saturated heterocycles. The smallest absolute Gasteiger partial charge is 0.405 e. The van der Waals surface area contributed by atoms with Crippen molar-refractivity contribution in [2.75, 3.05) is 0 Å². The van der Waals surface area contributed by atoms with Gasteiger partial charge in [-0.3, -0.25) is 0 Å². The highest BCUT2D eigenvalue weighted by Gasteiger charge is 2.30. The Bertz CT molecular complexity index is 1310. The van der Waals surface area contributed by atoms with E-state index in [0.29, 0.717) is 112 Å². The number of aromatic hydroxyl groups is 4. The van der Waals surface area contributed by atoms with Crippen LogP contribution in [0, 0.1) is 11.8 Å². The van der Waals surface area contributed by atoms with Crippen molar-refractivity contribution in [1.82, 2.24) is 0 Å². The Morgan fingerprint density at radius 1 is 0.635 bits per heavy atom. The number of carbonyl (C=O) groups is 2. The van der Waals surface area contributed by atoms with Crippen molar-refractivity contribution < 1.29 is 39.5 Å². The van der Waals surface area contributed by atoms with Crippen LogP contribution in [0.5, 0.6) is 23.0 Å². The van der Waals surface area contributed by atoms with Gasteiger partial charge in [-0.05, 0) is 99.3 Å². The van der Waals surface area contributed by atoms with Gasteiger partial charge < -0.3 is 41.4 Å². The molecular weight excluding hydrogens is 754 g/mol. The number of benzene rings is 2. The van der Waals surface area contributed by atoms with E-state index in [2.05, 4.69) is 0 Å². The Morgan fingerprint density at radius 2 is 0.942 bits per heavy atom. The number of primary amides is 2. The average molecular weight is 809 g/mol. The molecule has 4 aliphatic carbocycles. The largest absolute Gasteiger partial charge is 0.508 e. The second kappa shape index (κ2) is 21.3. The first-order valence-electron chi connectivity index (χ1n) is 18.2. The lowest BCUT2D eigenvalue weighted by atomic mass is 9.83. The molecule has 6 rings (SSSR count). The van der Waals surface area contributed by atoms with Crippen LogP contribution in [0.1, 0.15) is 150 Å². The summed E-state index contributed by atoms with van der Waals surface area (Å²) in [6.07, 6.45) is 5.15. The lowest BCUT2D eigenvalue weighted by Gasteiger charge is -2.28. The normalized spacial score (nSPS) is 23.6. The molecule has 4 aliphatic rings. The molecule has 0 saturated carbocycles. The van der Waals surface area contributed by atoms with Crippen LogP contribution in [0.3, 0.4) is 0 Å². The number of carbonyl (C=O) groups excluding carboxylic acids is 2. The van der Waals surface area contributed by atoms with Gasteiger partial charge >= 0.3 is 12.2 Å². The third kappa shape index (κ3) is 13.3. The highest BCUT2D eigenvalue weighted by atomic mass is 35.5. The van der Waals surface area contributed by atoms with Crippen molar-refractivity contribution in [3.8, 4) is 23.0 Å². The summed E-state index contributed by atoms with van der Waals surface area (Å²) in [7, 11) is 0. The van der Waals surface area contributed by atoms with E-state index >= 15 is 0 Å². The van der Waals surface area contributed by atoms with Crippen LogP contribution in [0.25, 0.3) is 0 Å². The number of phenols is 4. The van der Waals surface area contributed by atoms with Gasteiger partial charge in [-0.1, -0.05) is 52.4 Å². The average Bonchev–Trinajstić information content (AvgIpc) is 3.03. The highest BCUT2D eigenvalue weighted by molar-refractivity contribution is 6.44. The fourth-order valence-electron chi connectivity index (χ4n) is 7.65. The van der Waals surface area contributed by atoms with Gasteiger partial charge in [0.25, 0.3) is 0 Å². The second-order valence-electron chi connectivity index (χ2n) is 14.2. The predicted octanol–water partition coefficient (Wildman–Crippen LogP) is 11.0. The second-order valence-corrected chi connectivity index (χ2v) is 16.8. The fraction of sp³-hybridized carbons (Fsp3) is 0.632. The molecule has 0 spiro atoms. The summed E-state index contributed by atoms with van der Waals surface area (Å²) in [5.41, 5.74) is 12.6. The lowest BCUT2D eigenvalue weighted by Crippen LogP contribution is -2.22. The summed E-state index contributed by atoms with van der Waals surface area (Å²) in [5, 5.41) is 45.4. The summed E-state index contributed by atoms with van der Waals surface area (Å²) in [5.74, 6) is -1.39. The van der Waals surface area contributed by atoms with Crippen molar-refractivity contribution in [3.05, 3.63) is 46.5 Å². The van der Waals surface area contributed by atoms with Crippen LogP contribution in [0.15, 0.2) is 24.3 Å². The number of rotatable bonds is 10. The van der Waals surface area contributed by atoms with E-state index < -0.39 is 34.1 Å². The van der Waals surface area contributed by atoms with Crippen molar-refractivity contribution in [3.63, 3.8) is 0 Å². The third-order valence-corrected chi connectivity index (χ3v) is 11.1. The molecule has 0 fully saturated rings. The molecule has 0 radical (unpaired) electrons. The van der Waals surface area contributed by atoms with E-state index in [1.807, 2.05) is 13.8 Å². The molecule has 2 aromatic carbocycles. The molecule has 0 heterocycles. The number of alkyl halides is 4. The van der Waals surface area contributed by atoms with E-state index in [1.165, 1.54) is 24.3 Å². The van der Waals surface area contributed by atoms with Gasteiger partial charge in [0.2, 0.25) is 0 Å². The number of nitrogens with two attached hydrogens (primary N) is 2.